The smallest absolute Gasteiger partial charge is 0.166 e. The lowest BCUT2D eigenvalue weighted by atomic mass is 10.1. The van der Waals surface area contributed by atoms with E-state index in [0.717, 1.165) is 5.69 Å². The molecule has 0 bridgehead atoms. The number of ether oxygens (including phenoxy) is 1. The molecule has 0 aliphatic carbocycles. The van der Waals surface area contributed by atoms with Gasteiger partial charge in [-0.15, -0.1) is 0 Å². The summed E-state index contributed by atoms with van der Waals surface area (Å²) in [6.07, 6.45) is 2.04. The van der Waals surface area contributed by atoms with Crippen LogP contribution in [0.3, 0.4) is 0 Å². The molecule has 0 saturated heterocycles. The topological polar surface area (TPSA) is 39.2 Å². The van der Waals surface area contributed by atoms with Crippen molar-refractivity contribution >= 4 is 5.78 Å². The summed E-state index contributed by atoms with van der Waals surface area (Å²) in [6.45, 7) is 4.95. The molecule has 1 heterocycles. The molecule has 3 nitrogen and oxygen atoms in total. The van der Waals surface area contributed by atoms with Crippen LogP contribution in [0.5, 0.6) is 0 Å². The molecule has 0 aliphatic heterocycles. The highest BCUT2D eigenvalue weighted by atomic mass is 16.5. The molecule has 0 atom stereocenters. The van der Waals surface area contributed by atoms with Gasteiger partial charge in [-0.05, 0) is 26.0 Å². The molecule has 76 valence electrons. The standard InChI is InChI=1S/C11H15NO2/c1-3-14-7-6-11(13)10-5-4-9(2)12-8-10/h4-5,8H,3,6-7H2,1-2H3. The molecule has 1 aromatic heterocycles. The van der Waals surface area contributed by atoms with Crippen molar-refractivity contribution in [3.63, 3.8) is 0 Å². The lowest BCUT2D eigenvalue weighted by Gasteiger charge is -2.01. The van der Waals surface area contributed by atoms with Crippen LogP contribution in [-0.2, 0) is 4.74 Å². The third-order valence-corrected chi connectivity index (χ3v) is 1.91. The average molecular weight is 193 g/mol. The molecule has 3 heteroatoms. The van der Waals surface area contributed by atoms with E-state index in [1.54, 1.807) is 12.3 Å². The molecule has 0 saturated carbocycles. The number of hydrogen-bond acceptors (Lipinski definition) is 3. The maximum absolute atomic E-state index is 11.5. The Kier molecular flexibility index (Phi) is 4.26. The number of hydrogen-bond donors (Lipinski definition) is 0. The van der Waals surface area contributed by atoms with Crippen LogP contribution in [0.4, 0.5) is 0 Å². The van der Waals surface area contributed by atoms with Crippen molar-refractivity contribution in [3.8, 4) is 0 Å². The monoisotopic (exact) mass is 193 g/mol. The van der Waals surface area contributed by atoms with Gasteiger partial charge < -0.3 is 4.74 Å². The van der Waals surface area contributed by atoms with Gasteiger partial charge in [-0.1, -0.05) is 0 Å². The van der Waals surface area contributed by atoms with E-state index in [-0.39, 0.29) is 5.78 Å². The molecule has 1 aromatic rings. The summed E-state index contributed by atoms with van der Waals surface area (Å²) in [7, 11) is 0. The molecule has 0 amide bonds. The van der Waals surface area contributed by atoms with Gasteiger partial charge in [0.1, 0.15) is 0 Å². The van der Waals surface area contributed by atoms with Crippen molar-refractivity contribution in [1.82, 2.24) is 4.98 Å². The Hall–Kier alpha value is -1.22. The first-order valence-corrected chi connectivity index (χ1v) is 4.77. The van der Waals surface area contributed by atoms with Crippen molar-refractivity contribution in [3.05, 3.63) is 29.6 Å². The minimum atomic E-state index is 0.0888. The third-order valence-electron chi connectivity index (χ3n) is 1.91. The molecular weight excluding hydrogens is 178 g/mol. The number of carbonyl (C=O) groups excluding carboxylic acids is 1. The summed E-state index contributed by atoms with van der Waals surface area (Å²) in [5.74, 6) is 0.0888. The maximum Gasteiger partial charge on any atom is 0.166 e. The molecule has 14 heavy (non-hydrogen) atoms. The second kappa shape index (κ2) is 5.50. The molecule has 0 unspecified atom stereocenters. The quantitative estimate of drug-likeness (QED) is 0.530. The molecule has 0 fully saturated rings. The van der Waals surface area contributed by atoms with Gasteiger partial charge in [0.05, 0.1) is 6.61 Å². The molecule has 0 radical (unpaired) electrons. The first kappa shape index (κ1) is 10.9. The van der Waals surface area contributed by atoms with Crippen LogP contribution in [-0.4, -0.2) is 24.0 Å². The summed E-state index contributed by atoms with van der Waals surface area (Å²) in [5, 5.41) is 0. The van der Waals surface area contributed by atoms with Gasteiger partial charge in [0.25, 0.3) is 0 Å². The predicted molar refractivity (Wildman–Crippen MR) is 54.4 cm³/mol. The van der Waals surface area contributed by atoms with Gasteiger partial charge in [0, 0.05) is 30.5 Å². The van der Waals surface area contributed by atoms with E-state index in [4.69, 9.17) is 4.74 Å². The summed E-state index contributed by atoms with van der Waals surface area (Å²) in [5.41, 5.74) is 1.58. The highest BCUT2D eigenvalue weighted by molar-refractivity contribution is 5.95. The zero-order valence-corrected chi connectivity index (χ0v) is 8.62. The number of aromatic nitrogens is 1. The second-order valence-electron chi connectivity index (χ2n) is 3.06. The van der Waals surface area contributed by atoms with Crippen LogP contribution in [0.1, 0.15) is 29.4 Å². The van der Waals surface area contributed by atoms with E-state index in [2.05, 4.69) is 4.98 Å². The third kappa shape index (κ3) is 3.26. The van der Waals surface area contributed by atoms with Gasteiger partial charge in [-0.2, -0.15) is 0 Å². The lowest BCUT2D eigenvalue weighted by molar-refractivity contribution is 0.0895. The number of Topliss-reactive ketones (excluding diaryl/α,β-unsaturated/α-hetero) is 1. The van der Waals surface area contributed by atoms with Crippen molar-refractivity contribution in [1.29, 1.82) is 0 Å². The number of nitrogens with zero attached hydrogens (tertiary/aromatic N) is 1. The van der Waals surface area contributed by atoms with Gasteiger partial charge in [-0.25, -0.2) is 0 Å². The molecule has 0 aliphatic rings. The van der Waals surface area contributed by atoms with E-state index in [0.29, 0.717) is 25.2 Å². The summed E-state index contributed by atoms with van der Waals surface area (Å²) in [4.78, 5) is 15.6. The Morgan fingerprint density at radius 2 is 2.29 bits per heavy atom. The van der Waals surface area contributed by atoms with E-state index in [9.17, 15) is 4.79 Å². The predicted octanol–water partition coefficient (Wildman–Crippen LogP) is 2.00. The normalized spacial score (nSPS) is 10.1. The van der Waals surface area contributed by atoms with Crippen LogP contribution in [0.2, 0.25) is 0 Å². The fraction of sp³-hybridized carbons (Fsp3) is 0.455. The number of rotatable bonds is 5. The Morgan fingerprint density at radius 1 is 1.50 bits per heavy atom. The van der Waals surface area contributed by atoms with Gasteiger partial charge in [-0.3, -0.25) is 9.78 Å². The number of aryl methyl sites for hydroxylation is 1. The highest BCUT2D eigenvalue weighted by Crippen LogP contribution is 2.03. The van der Waals surface area contributed by atoms with Gasteiger partial charge in [0.2, 0.25) is 0 Å². The molecule has 0 N–H and O–H groups in total. The van der Waals surface area contributed by atoms with E-state index in [1.165, 1.54) is 0 Å². The lowest BCUT2D eigenvalue weighted by Crippen LogP contribution is -2.05. The first-order valence-electron chi connectivity index (χ1n) is 4.77. The molecule has 0 aromatic carbocycles. The molecule has 1 rings (SSSR count). The van der Waals surface area contributed by atoms with Crippen LogP contribution in [0.15, 0.2) is 18.3 Å². The van der Waals surface area contributed by atoms with Crippen molar-refractivity contribution < 1.29 is 9.53 Å². The average Bonchev–Trinajstić information content (AvgIpc) is 2.19. The van der Waals surface area contributed by atoms with Crippen LogP contribution in [0.25, 0.3) is 0 Å². The van der Waals surface area contributed by atoms with Crippen molar-refractivity contribution in [2.75, 3.05) is 13.2 Å². The van der Waals surface area contributed by atoms with E-state index in [1.807, 2.05) is 19.9 Å². The van der Waals surface area contributed by atoms with Gasteiger partial charge >= 0.3 is 0 Å². The van der Waals surface area contributed by atoms with Crippen LogP contribution < -0.4 is 0 Å². The van der Waals surface area contributed by atoms with Crippen LogP contribution in [0, 0.1) is 6.92 Å². The Labute approximate surface area is 84.1 Å². The first-order chi connectivity index (χ1) is 6.74. The minimum absolute atomic E-state index is 0.0888. The number of ketones is 1. The zero-order valence-electron chi connectivity index (χ0n) is 8.62. The zero-order chi connectivity index (χ0) is 10.4. The van der Waals surface area contributed by atoms with Crippen LogP contribution >= 0.6 is 0 Å². The second-order valence-corrected chi connectivity index (χ2v) is 3.06. The fourth-order valence-electron chi connectivity index (χ4n) is 1.09. The fourth-order valence-corrected chi connectivity index (χ4v) is 1.09. The Morgan fingerprint density at radius 3 is 2.86 bits per heavy atom. The summed E-state index contributed by atoms with van der Waals surface area (Å²) < 4.78 is 5.11. The van der Waals surface area contributed by atoms with Crippen molar-refractivity contribution in [2.45, 2.75) is 20.3 Å². The number of carbonyl (C=O) groups is 1. The Balaban J connectivity index is 2.48. The van der Waals surface area contributed by atoms with Crippen molar-refractivity contribution in [2.24, 2.45) is 0 Å². The maximum atomic E-state index is 11.5. The highest BCUT2D eigenvalue weighted by Gasteiger charge is 2.04. The molecular formula is C11H15NO2. The summed E-state index contributed by atoms with van der Waals surface area (Å²) in [6, 6.07) is 3.64. The van der Waals surface area contributed by atoms with E-state index >= 15 is 0 Å². The SMILES string of the molecule is CCOCCC(=O)c1ccc(C)nc1. The minimum Gasteiger partial charge on any atom is -0.381 e. The number of pyridine rings is 1. The van der Waals surface area contributed by atoms with Gasteiger partial charge in [0.15, 0.2) is 5.78 Å². The molecule has 0 spiro atoms. The summed E-state index contributed by atoms with van der Waals surface area (Å²) >= 11 is 0. The Bertz CT molecular complexity index is 293. The van der Waals surface area contributed by atoms with E-state index < -0.39 is 0 Å². The largest absolute Gasteiger partial charge is 0.381 e.